The van der Waals surface area contributed by atoms with Crippen LogP contribution < -0.4 is 0 Å². The fourth-order valence-electron chi connectivity index (χ4n) is 1.14. The lowest BCUT2D eigenvalue weighted by molar-refractivity contribution is 0.561. The van der Waals surface area contributed by atoms with Crippen LogP contribution in [-0.4, -0.2) is 20.0 Å². The van der Waals surface area contributed by atoms with Crippen LogP contribution in [0.1, 0.15) is 39.7 Å². The molecular weight excluding hydrogens is 300 g/mol. The monoisotopic (exact) mass is 316 g/mol. The summed E-state index contributed by atoms with van der Waals surface area (Å²) in [6.45, 7) is 7.76. The van der Waals surface area contributed by atoms with E-state index < -0.39 is 11.4 Å². The fourth-order valence-corrected chi connectivity index (χ4v) is 2.21. The molecule has 0 spiro atoms. The predicted molar refractivity (Wildman–Crippen MR) is 76.7 cm³/mol. The largest absolute Gasteiger partial charge is 0.591 e. The Hall–Kier alpha value is -0.390. The van der Waals surface area contributed by atoms with E-state index in [4.69, 9.17) is 0 Å². The van der Waals surface area contributed by atoms with E-state index >= 15 is 0 Å². The molecule has 3 nitrogen and oxygen atoms in total. The molecule has 0 saturated carbocycles. The maximum Gasteiger partial charge on any atom is 0.144 e. The fraction of sp³-hybridized carbons (Fsp3) is 0.500. The molecule has 1 aromatic heterocycles. The Bertz CT molecular complexity index is 415. The molecule has 1 atom stereocenters. The molecule has 94 valence electrons. The lowest BCUT2D eigenvalue weighted by Crippen LogP contribution is -2.27. The van der Waals surface area contributed by atoms with Crippen LogP contribution in [0.2, 0.25) is 0 Å². The topological polar surface area (TPSA) is 48.3 Å². The predicted octanol–water partition coefficient (Wildman–Crippen LogP) is 3.51. The normalized spacial score (nSPS) is 14.8. The second-order valence-electron chi connectivity index (χ2n) is 4.62. The summed E-state index contributed by atoms with van der Waals surface area (Å²) in [5.74, 6) is 0. The molecule has 17 heavy (non-hydrogen) atoms. The van der Waals surface area contributed by atoms with Crippen molar-refractivity contribution in [3.8, 4) is 0 Å². The van der Waals surface area contributed by atoms with Crippen LogP contribution >= 0.6 is 15.9 Å². The Balaban J connectivity index is 3.03. The first-order valence-corrected chi connectivity index (χ1v) is 7.36. The van der Waals surface area contributed by atoms with Gasteiger partial charge in [-0.25, -0.2) is 4.98 Å². The average molecular weight is 317 g/mol. The van der Waals surface area contributed by atoms with Gasteiger partial charge < -0.3 is 4.55 Å². The smallest absolute Gasteiger partial charge is 0.144 e. The third kappa shape index (κ3) is 4.41. The number of nitrogens with zero attached hydrogens (tertiary/aromatic N) is 2. The van der Waals surface area contributed by atoms with E-state index in [9.17, 15) is 4.55 Å². The van der Waals surface area contributed by atoms with Crippen LogP contribution in [0.15, 0.2) is 27.3 Å². The second-order valence-corrected chi connectivity index (χ2v) is 7.34. The van der Waals surface area contributed by atoms with Crippen molar-refractivity contribution >= 4 is 33.0 Å². The van der Waals surface area contributed by atoms with Gasteiger partial charge in [-0.3, -0.25) is 0 Å². The van der Waals surface area contributed by atoms with Gasteiger partial charge in [-0.15, -0.1) is 0 Å². The zero-order chi connectivity index (χ0) is 13.1. The van der Waals surface area contributed by atoms with Crippen LogP contribution in [0.25, 0.3) is 0 Å². The minimum Gasteiger partial charge on any atom is -0.591 e. The molecule has 1 heterocycles. The number of rotatable bonds is 3. The van der Waals surface area contributed by atoms with Crippen molar-refractivity contribution in [3.05, 3.63) is 28.5 Å². The van der Waals surface area contributed by atoms with E-state index in [1.807, 2.05) is 39.8 Å². The third-order valence-electron chi connectivity index (χ3n) is 2.11. The van der Waals surface area contributed by atoms with Crippen molar-refractivity contribution in [3.63, 3.8) is 0 Å². The molecule has 0 aliphatic rings. The molecule has 0 aliphatic heterocycles. The van der Waals surface area contributed by atoms with Gasteiger partial charge in [-0.1, -0.05) is 11.3 Å². The van der Waals surface area contributed by atoms with Crippen molar-refractivity contribution in [1.29, 1.82) is 0 Å². The van der Waals surface area contributed by atoms with Gasteiger partial charge in [0.25, 0.3) is 0 Å². The zero-order valence-electron chi connectivity index (χ0n) is 10.5. The van der Waals surface area contributed by atoms with E-state index in [0.717, 1.165) is 22.3 Å². The SMILES string of the molecule is CC/C(=N\[S+]([O-])C(C)(C)C)c1ccnc(Br)c1. The van der Waals surface area contributed by atoms with Gasteiger partial charge in [0.15, 0.2) is 0 Å². The molecule has 1 rings (SSSR count). The highest BCUT2D eigenvalue weighted by Crippen LogP contribution is 2.19. The van der Waals surface area contributed by atoms with Gasteiger partial charge in [0.2, 0.25) is 0 Å². The summed E-state index contributed by atoms with van der Waals surface area (Å²) in [6, 6.07) is 3.77. The van der Waals surface area contributed by atoms with E-state index in [0.29, 0.717) is 0 Å². The van der Waals surface area contributed by atoms with E-state index in [1.54, 1.807) is 6.20 Å². The molecular formula is C12H17BrN2OS. The van der Waals surface area contributed by atoms with E-state index in [-0.39, 0.29) is 4.75 Å². The number of hydrogen-bond acceptors (Lipinski definition) is 3. The Morgan fingerprint density at radius 1 is 1.53 bits per heavy atom. The van der Waals surface area contributed by atoms with E-state index in [2.05, 4.69) is 25.3 Å². The van der Waals surface area contributed by atoms with Gasteiger partial charge in [0.1, 0.15) is 20.7 Å². The molecule has 0 bridgehead atoms. The van der Waals surface area contributed by atoms with Gasteiger partial charge in [-0.2, -0.15) is 0 Å². The van der Waals surface area contributed by atoms with Crippen molar-refractivity contribution in [2.45, 2.75) is 38.9 Å². The number of aromatic nitrogens is 1. The molecule has 5 heteroatoms. The molecule has 0 aromatic carbocycles. The molecule has 0 saturated heterocycles. The zero-order valence-corrected chi connectivity index (χ0v) is 12.9. The number of pyridine rings is 1. The third-order valence-corrected chi connectivity index (χ3v) is 3.98. The average Bonchev–Trinajstić information content (AvgIpc) is 2.24. The summed E-state index contributed by atoms with van der Waals surface area (Å²) >= 11 is 2.10. The summed E-state index contributed by atoms with van der Waals surface area (Å²) in [7, 11) is 0. The summed E-state index contributed by atoms with van der Waals surface area (Å²) < 4.78 is 16.7. The van der Waals surface area contributed by atoms with Gasteiger partial charge in [-0.05, 0) is 55.3 Å². The molecule has 0 amide bonds. The maximum absolute atomic E-state index is 12.0. The number of halogens is 1. The van der Waals surface area contributed by atoms with Crippen LogP contribution in [0, 0.1) is 0 Å². The molecule has 1 aromatic rings. The summed E-state index contributed by atoms with van der Waals surface area (Å²) in [4.78, 5) is 4.07. The highest BCUT2D eigenvalue weighted by atomic mass is 79.9. The van der Waals surface area contributed by atoms with E-state index in [1.165, 1.54) is 0 Å². The first-order valence-electron chi connectivity index (χ1n) is 5.46. The minimum absolute atomic E-state index is 0.329. The molecule has 0 radical (unpaired) electrons. The standard InChI is InChI=1S/C12H17BrN2OS/c1-5-10(15-17(16)12(2,3)4)9-6-7-14-11(13)8-9/h6-8H,5H2,1-4H3/b15-10+. The lowest BCUT2D eigenvalue weighted by atomic mass is 10.1. The van der Waals surface area contributed by atoms with Crippen molar-refractivity contribution in [2.75, 3.05) is 0 Å². The highest BCUT2D eigenvalue weighted by molar-refractivity contribution is 9.10. The quantitative estimate of drug-likeness (QED) is 0.487. The van der Waals surface area contributed by atoms with Crippen LogP contribution in [0.3, 0.4) is 0 Å². The Morgan fingerprint density at radius 2 is 2.18 bits per heavy atom. The van der Waals surface area contributed by atoms with Crippen LogP contribution in [-0.2, 0) is 11.4 Å². The summed E-state index contributed by atoms with van der Waals surface area (Å²) in [6.07, 6.45) is 2.46. The van der Waals surface area contributed by atoms with Gasteiger partial charge >= 0.3 is 0 Å². The van der Waals surface area contributed by atoms with Gasteiger partial charge in [0, 0.05) is 11.8 Å². The molecule has 0 fully saturated rings. The molecule has 0 aliphatic carbocycles. The van der Waals surface area contributed by atoms with Crippen molar-refractivity contribution in [2.24, 2.45) is 4.40 Å². The molecule has 0 N–H and O–H groups in total. The Labute approximate surface area is 114 Å². The van der Waals surface area contributed by atoms with Crippen LogP contribution in [0.5, 0.6) is 0 Å². The first kappa shape index (κ1) is 14.7. The second kappa shape index (κ2) is 5.98. The van der Waals surface area contributed by atoms with Gasteiger partial charge in [0.05, 0.1) is 5.71 Å². The van der Waals surface area contributed by atoms with Crippen LogP contribution in [0.4, 0.5) is 0 Å². The molecule has 1 unspecified atom stereocenters. The Morgan fingerprint density at radius 3 is 2.65 bits per heavy atom. The number of hydrogen-bond donors (Lipinski definition) is 0. The maximum atomic E-state index is 12.0. The highest BCUT2D eigenvalue weighted by Gasteiger charge is 2.27. The first-order chi connectivity index (χ1) is 7.84. The van der Waals surface area contributed by atoms with Crippen molar-refractivity contribution < 1.29 is 4.55 Å². The lowest BCUT2D eigenvalue weighted by Gasteiger charge is -2.19. The van der Waals surface area contributed by atoms with Crippen molar-refractivity contribution in [1.82, 2.24) is 4.98 Å². The Kier molecular flexibility index (Phi) is 5.16. The minimum atomic E-state index is -1.22. The summed E-state index contributed by atoms with van der Waals surface area (Å²) in [5.41, 5.74) is 1.81. The summed E-state index contributed by atoms with van der Waals surface area (Å²) in [5, 5.41) is 0.